The number of pyridine rings is 1. The zero-order valence-corrected chi connectivity index (χ0v) is 16.8. The first-order valence-corrected chi connectivity index (χ1v) is 9.33. The number of nitrogens with one attached hydrogen (secondary N) is 2. The molecular weight excluding hydrogens is 390 g/mol. The van der Waals surface area contributed by atoms with Crippen molar-refractivity contribution >= 4 is 40.5 Å². The molecule has 0 aliphatic carbocycles. The SMILES string of the molecule is Cc1cccc(Nc2ccccc2C(=O)OCC(=O)Nc2cccnc2Cl)c1C. The number of amides is 1. The van der Waals surface area contributed by atoms with Crippen molar-refractivity contribution < 1.29 is 14.3 Å². The summed E-state index contributed by atoms with van der Waals surface area (Å²) >= 11 is 5.91. The van der Waals surface area contributed by atoms with Crippen LogP contribution in [0.2, 0.25) is 5.15 Å². The predicted molar refractivity (Wildman–Crippen MR) is 114 cm³/mol. The Bertz CT molecular complexity index is 1050. The largest absolute Gasteiger partial charge is 0.452 e. The number of rotatable bonds is 6. The van der Waals surface area contributed by atoms with Crippen LogP contribution in [-0.4, -0.2) is 23.5 Å². The van der Waals surface area contributed by atoms with Gasteiger partial charge in [-0.05, 0) is 55.3 Å². The maximum absolute atomic E-state index is 12.6. The number of ether oxygens (including phenoxy) is 1. The van der Waals surface area contributed by atoms with Gasteiger partial charge in [-0.15, -0.1) is 0 Å². The maximum Gasteiger partial charge on any atom is 0.340 e. The lowest BCUT2D eigenvalue weighted by molar-refractivity contribution is -0.119. The number of aryl methyl sites for hydroxylation is 1. The standard InChI is InChI=1S/C22H20ClN3O3/c1-14-7-5-10-17(15(14)2)25-18-9-4-3-8-16(18)22(28)29-13-20(27)26-19-11-6-12-24-21(19)23/h3-12,25H,13H2,1-2H3,(H,26,27). The van der Waals surface area contributed by atoms with E-state index in [1.807, 2.05) is 38.1 Å². The van der Waals surface area contributed by atoms with Crippen LogP contribution in [0.25, 0.3) is 0 Å². The van der Waals surface area contributed by atoms with Gasteiger partial charge in [0, 0.05) is 11.9 Å². The fourth-order valence-electron chi connectivity index (χ4n) is 2.68. The number of para-hydroxylation sites is 1. The van der Waals surface area contributed by atoms with Crippen LogP contribution in [0.1, 0.15) is 21.5 Å². The highest BCUT2D eigenvalue weighted by molar-refractivity contribution is 6.32. The van der Waals surface area contributed by atoms with Gasteiger partial charge in [0.25, 0.3) is 5.91 Å². The van der Waals surface area contributed by atoms with Crippen molar-refractivity contribution in [1.82, 2.24) is 4.98 Å². The maximum atomic E-state index is 12.6. The zero-order valence-electron chi connectivity index (χ0n) is 16.0. The monoisotopic (exact) mass is 409 g/mol. The average molecular weight is 410 g/mol. The van der Waals surface area contributed by atoms with Crippen LogP contribution in [0.4, 0.5) is 17.1 Å². The van der Waals surface area contributed by atoms with Gasteiger partial charge in [0.1, 0.15) is 0 Å². The summed E-state index contributed by atoms with van der Waals surface area (Å²) < 4.78 is 5.18. The molecule has 29 heavy (non-hydrogen) atoms. The van der Waals surface area contributed by atoms with Crippen LogP contribution in [-0.2, 0) is 9.53 Å². The third kappa shape index (κ3) is 5.12. The quantitative estimate of drug-likeness (QED) is 0.447. The van der Waals surface area contributed by atoms with E-state index in [2.05, 4.69) is 15.6 Å². The molecule has 3 aromatic rings. The van der Waals surface area contributed by atoms with Crippen molar-refractivity contribution in [3.63, 3.8) is 0 Å². The highest BCUT2D eigenvalue weighted by Gasteiger charge is 2.16. The van der Waals surface area contributed by atoms with Crippen molar-refractivity contribution in [1.29, 1.82) is 0 Å². The van der Waals surface area contributed by atoms with E-state index >= 15 is 0 Å². The minimum atomic E-state index is -0.606. The molecule has 1 amide bonds. The summed E-state index contributed by atoms with van der Waals surface area (Å²) in [5.74, 6) is -1.11. The number of halogens is 1. The van der Waals surface area contributed by atoms with Gasteiger partial charge < -0.3 is 15.4 Å². The number of benzene rings is 2. The van der Waals surface area contributed by atoms with Gasteiger partial charge in [0.05, 0.1) is 16.9 Å². The lowest BCUT2D eigenvalue weighted by atomic mass is 10.1. The van der Waals surface area contributed by atoms with Crippen molar-refractivity contribution in [2.75, 3.05) is 17.2 Å². The van der Waals surface area contributed by atoms with Crippen molar-refractivity contribution in [2.45, 2.75) is 13.8 Å². The molecule has 7 heteroatoms. The Morgan fingerprint density at radius 1 is 0.966 bits per heavy atom. The number of hydrogen-bond acceptors (Lipinski definition) is 5. The molecule has 0 aliphatic heterocycles. The number of carbonyl (C=O) groups excluding carboxylic acids is 2. The Balaban J connectivity index is 1.68. The molecule has 0 atom stereocenters. The Hall–Kier alpha value is -3.38. The van der Waals surface area contributed by atoms with Gasteiger partial charge in [0.2, 0.25) is 0 Å². The average Bonchev–Trinajstić information content (AvgIpc) is 2.72. The third-order valence-electron chi connectivity index (χ3n) is 4.39. The first-order chi connectivity index (χ1) is 14.0. The lowest BCUT2D eigenvalue weighted by Crippen LogP contribution is -2.21. The molecule has 1 aromatic heterocycles. The summed E-state index contributed by atoms with van der Waals surface area (Å²) in [5, 5.41) is 5.99. The van der Waals surface area contributed by atoms with Gasteiger partial charge in [-0.2, -0.15) is 0 Å². The van der Waals surface area contributed by atoms with E-state index in [-0.39, 0.29) is 5.15 Å². The zero-order chi connectivity index (χ0) is 20.8. The normalized spacial score (nSPS) is 10.3. The van der Waals surface area contributed by atoms with Crippen LogP contribution < -0.4 is 10.6 Å². The smallest absolute Gasteiger partial charge is 0.340 e. The summed E-state index contributed by atoms with van der Waals surface area (Å²) in [5.41, 5.74) is 4.41. The molecule has 0 spiro atoms. The first-order valence-electron chi connectivity index (χ1n) is 8.95. The molecule has 0 unspecified atom stereocenters. The summed E-state index contributed by atoms with van der Waals surface area (Å²) in [4.78, 5) is 28.5. The van der Waals surface area contributed by atoms with Crippen LogP contribution in [0.15, 0.2) is 60.8 Å². The number of esters is 1. The second kappa shape index (κ2) is 9.21. The Labute approximate surface area is 173 Å². The Morgan fingerprint density at radius 2 is 1.69 bits per heavy atom. The molecule has 2 N–H and O–H groups in total. The summed E-state index contributed by atoms with van der Waals surface area (Å²) in [6, 6.07) is 16.1. The summed E-state index contributed by atoms with van der Waals surface area (Å²) in [6.07, 6.45) is 1.51. The fourth-order valence-corrected chi connectivity index (χ4v) is 2.84. The molecule has 0 radical (unpaired) electrons. The number of aromatic nitrogens is 1. The molecule has 0 saturated heterocycles. The van der Waals surface area contributed by atoms with E-state index < -0.39 is 18.5 Å². The second-order valence-corrected chi connectivity index (χ2v) is 6.74. The van der Waals surface area contributed by atoms with Crippen LogP contribution in [0.5, 0.6) is 0 Å². The molecule has 0 aliphatic rings. The minimum Gasteiger partial charge on any atom is -0.452 e. The topological polar surface area (TPSA) is 80.3 Å². The predicted octanol–water partition coefficient (Wildman–Crippen LogP) is 4.89. The molecule has 1 heterocycles. The van der Waals surface area contributed by atoms with Gasteiger partial charge in [0.15, 0.2) is 11.8 Å². The molecule has 3 rings (SSSR count). The van der Waals surface area contributed by atoms with Crippen LogP contribution in [0, 0.1) is 13.8 Å². The van der Waals surface area contributed by atoms with E-state index in [1.54, 1.807) is 30.3 Å². The summed E-state index contributed by atoms with van der Waals surface area (Å²) in [7, 11) is 0. The van der Waals surface area contributed by atoms with E-state index in [9.17, 15) is 9.59 Å². The van der Waals surface area contributed by atoms with Gasteiger partial charge in [-0.1, -0.05) is 35.9 Å². The number of carbonyl (C=O) groups is 2. The van der Waals surface area contributed by atoms with Crippen molar-refractivity contribution in [2.24, 2.45) is 0 Å². The van der Waals surface area contributed by atoms with Crippen LogP contribution in [0.3, 0.4) is 0 Å². The first kappa shape index (κ1) is 20.4. The third-order valence-corrected chi connectivity index (χ3v) is 4.69. The van der Waals surface area contributed by atoms with E-state index in [4.69, 9.17) is 16.3 Å². The molecule has 0 bridgehead atoms. The summed E-state index contributed by atoms with van der Waals surface area (Å²) in [6.45, 7) is 3.59. The minimum absolute atomic E-state index is 0.162. The van der Waals surface area contributed by atoms with Gasteiger partial charge in [-0.3, -0.25) is 4.79 Å². The number of anilines is 3. The molecule has 0 saturated carbocycles. The van der Waals surface area contributed by atoms with Crippen molar-refractivity contribution in [3.05, 3.63) is 82.6 Å². The Morgan fingerprint density at radius 3 is 2.48 bits per heavy atom. The van der Waals surface area contributed by atoms with E-state index in [0.717, 1.165) is 16.8 Å². The number of nitrogens with zero attached hydrogens (tertiary/aromatic N) is 1. The van der Waals surface area contributed by atoms with E-state index in [0.29, 0.717) is 16.9 Å². The van der Waals surface area contributed by atoms with Gasteiger partial charge in [-0.25, -0.2) is 9.78 Å². The number of hydrogen-bond donors (Lipinski definition) is 2. The molecule has 2 aromatic carbocycles. The van der Waals surface area contributed by atoms with E-state index in [1.165, 1.54) is 6.20 Å². The molecule has 0 fully saturated rings. The van der Waals surface area contributed by atoms with Crippen molar-refractivity contribution in [3.8, 4) is 0 Å². The molecule has 6 nitrogen and oxygen atoms in total. The van der Waals surface area contributed by atoms with Crippen LogP contribution >= 0.6 is 11.6 Å². The molecular formula is C22H20ClN3O3. The van der Waals surface area contributed by atoms with Gasteiger partial charge >= 0.3 is 5.97 Å². The highest BCUT2D eigenvalue weighted by Crippen LogP contribution is 2.25. The second-order valence-electron chi connectivity index (χ2n) is 6.38. The lowest BCUT2D eigenvalue weighted by Gasteiger charge is -2.14. The molecule has 148 valence electrons. The fraction of sp³-hybridized carbons (Fsp3) is 0.136. The highest BCUT2D eigenvalue weighted by atomic mass is 35.5. The Kier molecular flexibility index (Phi) is 6.46.